The summed E-state index contributed by atoms with van der Waals surface area (Å²) in [4.78, 5) is 0. The van der Waals surface area contributed by atoms with Crippen molar-refractivity contribution >= 4 is 22.0 Å². The number of hydrogen-bond acceptors (Lipinski definition) is 0. The molecule has 0 aromatic heterocycles. The van der Waals surface area contributed by atoms with E-state index in [0.717, 1.165) is 10.0 Å². The van der Waals surface area contributed by atoms with E-state index in [9.17, 15) is 0 Å². The molecule has 0 radical (unpaired) electrons. The van der Waals surface area contributed by atoms with E-state index in [1.807, 2.05) is 12.1 Å². The monoisotopic (exact) mass is 196 g/mol. The highest BCUT2D eigenvalue weighted by atomic mass is 78.9. The maximum Gasteiger partial charge on any atom is 0.0247 e. The summed E-state index contributed by atoms with van der Waals surface area (Å²) >= 11 is 3.42. The van der Waals surface area contributed by atoms with Gasteiger partial charge in [0, 0.05) is 4.47 Å². The molecule has 0 nitrogen and oxygen atoms in total. The van der Waals surface area contributed by atoms with Crippen LogP contribution in [0.5, 0.6) is 0 Å². The fraction of sp³-hybridized carbons (Fsp3) is 0.111. The summed E-state index contributed by atoms with van der Waals surface area (Å²) in [5, 5.41) is 0. The van der Waals surface area contributed by atoms with Crippen molar-refractivity contribution in [1.82, 2.24) is 0 Å². The molecule has 10 heavy (non-hydrogen) atoms. The molecule has 0 atom stereocenters. The average Bonchev–Trinajstić information content (AvgIpc) is 1.94. The van der Waals surface area contributed by atoms with Crippen LogP contribution in [0.2, 0.25) is 0 Å². The smallest absolute Gasteiger partial charge is 0.0247 e. The Kier molecular flexibility index (Phi) is 2.28. The highest BCUT2D eigenvalue weighted by molar-refractivity contribution is 9.10. The van der Waals surface area contributed by atoms with E-state index in [4.69, 9.17) is 0 Å². The Morgan fingerprint density at radius 3 is 2.70 bits per heavy atom. The van der Waals surface area contributed by atoms with Crippen LogP contribution in [0.25, 0.3) is 6.08 Å². The minimum absolute atomic E-state index is 1.10. The van der Waals surface area contributed by atoms with Crippen LogP contribution in [0.4, 0.5) is 0 Å². The molecule has 0 aliphatic heterocycles. The molecule has 1 aromatic rings. The normalized spacial score (nSPS) is 9.40. The number of rotatable bonds is 1. The number of hydrogen-bond donors (Lipinski definition) is 0. The molecule has 1 rings (SSSR count). The van der Waals surface area contributed by atoms with Gasteiger partial charge >= 0.3 is 0 Å². The van der Waals surface area contributed by atoms with Crippen LogP contribution in [0, 0.1) is 6.92 Å². The molecule has 1 heteroatoms. The van der Waals surface area contributed by atoms with Crippen molar-refractivity contribution in [2.45, 2.75) is 6.92 Å². The maximum atomic E-state index is 3.70. The molecule has 52 valence electrons. The van der Waals surface area contributed by atoms with Gasteiger partial charge in [0.1, 0.15) is 0 Å². The summed E-state index contributed by atoms with van der Waals surface area (Å²) in [5.74, 6) is 0. The van der Waals surface area contributed by atoms with Crippen LogP contribution in [0.3, 0.4) is 0 Å². The summed E-state index contributed by atoms with van der Waals surface area (Å²) in [6, 6.07) is 6.19. The average molecular weight is 196 g/mol. The molecule has 0 N–H and O–H groups in total. The predicted octanol–water partition coefficient (Wildman–Crippen LogP) is 3.40. The first kappa shape index (κ1) is 7.55. The molecule has 0 spiro atoms. The summed E-state index contributed by atoms with van der Waals surface area (Å²) < 4.78 is 1.10. The zero-order valence-electron chi connectivity index (χ0n) is 5.89. The Bertz CT molecular complexity index is 251. The lowest BCUT2D eigenvalue weighted by Gasteiger charge is -1.98. The quantitative estimate of drug-likeness (QED) is 0.645. The highest BCUT2D eigenvalue weighted by Gasteiger charge is 1.93. The van der Waals surface area contributed by atoms with E-state index >= 15 is 0 Å². The van der Waals surface area contributed by atoms with Crippen LogP contribution in [-0.4, -0.2) is 0 Å². The molecular weight excluding hydrogens is 187 g/mol. The van der Waals surface area contributed by atoms with Gasteiger partial charge < -0.3 is 0 Å². The van der Waals surface area contributed by atoms with Crippen molar-refractivity contribution in [3.05, 3.63) is 40.4 Å². The van der Waals surface area contributed by atoms with E-state index in [-0.39, 0.29) is 0 Å². The summed E-state index contributed by atoms with van der Waals surface area (Å²) in [7, 11) is 0. The van der Waals surface area contributed by atoms with Crippen molar-refractivity contribution in [2.24, 2.45) is 0 Å². The van der Waals surface area contributed by atoms with Crippen molar-refractivity contribution in [3.63, 3.8) is 0 Å². The maximum absolute atomic E-state index is 3.70. The van der Waals surface area contributed by atoms with Crippen LogP contribution in [-0.2, 0) is 0 Å². The van der Waals surface area contributed by atoms with E-state index in [1.54, 1.807) is 0 Å². The molecule has 0 bridgehead atoms. The third kappa shape index (κ3) is 1.48. The Hall–Kier alpha value is -0.560. The zero-order chi connectivity index (χ0) is 7.56. The molecule has 0 saturated heterocycles. The number of halogens is 1. The summed E-state index contributed by atoms with van der Waals surface area (Å²) in [6.45, 7) is 5.77. The molecule has 0 aliphatic rings. The second-order valence-corrected chi connectivity index (χ2v) is 3.08. The van der Waals surface area contributed by atoms with E-state index < -0.39 is 0 Å². The van der Waals surface area contributed by atoms with E-state index in [2.05, 4.69) is 41.6 Å². The van der Waals surface area contributed by atoms with Gasteiger partial charge in [0.2, 0.25) is 0 Å². The second kappa shape index (κ2) is 3.02. The Morgan fingerprint density at radius 1 is 1.50 bits per heavy atom. The Labute approximate surface area is 69.7 Å². The SMILES string of the molecule is C=Cc1cc(C)ccc1[79Br]. The molecule has 0 amide bonds. The predicted molar refractivity (Wildman–Crippen MR) is 49.0 cm³/mol. The Balaban J connectivity index is 3.21. The topological polar surface area (TPSA) is 0 Å². The molecule has 0 saturated carbocycles. The van der Waals surface area contributed by atoms with E-state index in [1.165, 1.54) is 5.56 Å². The molecule has 0 aliphatic carbocycles. The largest absolute Gasteiger partial charge is 0.0984 e. The first-order chi connectivity index (χ1) is 4.74. The standard InChI is InChI=1S/C9H9Br/c1-3-8-6-7(2)4-5-9(8)10/h3-6H,1H2,2H3/i10-1. The lowest BCUT2D eigenvalue weighted by atomic mass is 10.1. The third-order valence-electron chi connectivity index (χ3n) is 1.37. The minimum atomic E-state index is 1.10. The van der Waals surface area contributed by atoms with Gasteiger partial charge in [-0.25, -0.2) is 0 Å². The van der Waals surface area contributed by atoms with Gasteiger partial charge in [0.15, 0.2) is 0 Å². The van der Waals surface area contributed by atoms with Gasteiger partial charge in [-0.3, -0.25) is 0 Å². The van der Waals surface area contributed by atoms with Crippen LogP contribution < -0.4 is 0 Å². The molecular formula is C9H9Br. The molecule has 0 heterocycles. The third-order valence-corrected chi connectivity index (χ3v) is 2.09. The van der Waals surface area contributed by atoms with Crippen molar-refractivity contribution in [3.8, 4) is 0 Å². The van der Waals surface area contributed by atoms with Crippen LogP contribution in [0.15, 0.2) is 29.3 Å². The van der Waals surface area contributed by atoms with Gasteiger partial charge in [0.25, 0.3) is 0 Å². The molecule has 0 fully saturated rings. The first-order valence-corrected chi connectivity index (χ1v) is 3.92. The van der Waals surface area contributed by atoms with Gasteiger partial charge in [-0.1, -0.05) is 46.3 Å². The minimum Gasteiger partial charge on any atom is -0.0984 e. The first-order valence-electron chi connectivity index (χ1n) is 3.12. The highest BCUT2D eigenvalue weighted by Crippen LogP contribution is 2.18. The lowest BCUT2D eigenvalue weighted by molar-refractivity contribution is 1.44. The number of aryl methyl sites for hydroxylation is 1. The zero-order valence-corrected chi connectivity index (χ0v) is 7.48. The van der Waals surface area contributed by atoms with E-state index in [0.29, 0.717) is 0 Å². The van der Waals surface area contributed by atoms with Gasteiger partial charge in [-0.15, -0.1) is 0 Å². The number of benzene rings is 1. The fourth-order valence-corrected chi connectivity index (χ4v) is 1.23. The second-order valence-electron chi connectivity index (χ2n) is 2.23. The van der Waals surface area contributed by atoms with Gasteiger partial charge in [-0.2, -0.15) is 0 Å². The molecule has 0 unspecified atom stereocenters. The van der Waals surface area contributed by atoms with Crippen molar-refractivity contribution in [2.75, 3.05) is 0 Å². The van der Waals surface area contributed by atoms with Crippen LogP contribution in [0.1, 0.15) is 11.1 Å². The summed E-state index contributed by atoms with van der Waals surface area (Å²) in [5.41, 5.74) is 2.41. The van der Waals surface area contributed by atoms with Gasteiger partial charge in [0.05, 0.1) is 0 Å². The van der Waals surface area contributed by atoms with Crippen LogP contribution >= 0.6 is 15.9 Å². The van der Waals surface area contributed by atoms with Crippen molar-refractivity contribution in [1.29, 1.82) is 0 Å². The summed E-state index contributed by atoms with van der Waals surface area (Å²) in [6.07, 6.45) is 1.84. The van der Waals surface area contributed by atoms with Gasteiger partial charge in [-0.05, 0) is 18.6 Å². The van der Waals surface area contributed by atoms with Crippen molar-refractivity contribution < 1.29 is 0 Å². The lowest BCUT2D eigenvalue weighted by Crippen LogP contribution is -1.76. The molecule has 1 aromatic carbocycles. The fourth-order valence-electron chi connectivity index (χ4n) is 0.820. The Morgan fingerprint density at radius 2 is 2.20 bits per heavy atom.